The summed E-state index contributed by atoms with van der Waals surface area (Å²) in [6, 6.07) is 21.9. The quantitative estimate of drug-likeness (QED) is 0.328. The van der Waals surface area contributed by atoms with Crippen molar-refractivity contribution in [2.45, 2.75) is 31.1 Å². The number of benzene rings is 3. The van der Waals surface area contributed by atoms with Crippen LogP contribution in [0.5, 0.6) is 11.5 Å². The summed E-state index contributed by atoms with van der Waals surface area (Å²) in [5, 5.41) is 0. The van der Waals surface area contributed by atoms with Gasteiger partial charge in [-0.15, -0.1) is 0 Å². The molecule has 0 unspecified atom stereocenters. The average Bonchev–Trinajstić information content (AvgIpc) is 2.97. The van der Waals surface area contributed by atoms with Gasteiger partial charge in [0.25, 0.3) is 11.8 Å². The molecule has 0 aliphatic carbocycles. The molecule has 0 N–H and O–H groups in total. The number of fused-ring (bicyclic) bond motifs is 1. The lowest BCUT2D eigenvalue weighted by atomic mass is 9.90. The summed E-state index contributed by atoms with van der Waals surface area (Å²) >= 11 is 1.42. The summed E-state index contributed by atoms with van der Waals surface area (Å²) in [5.74, 6) is 1.82. The Kier molecular flexibility index (Phi) is 8.27. The van der Waals surface area contributed by atoms with Crippen molar-refractivity contribution >= 4 is 35.3 Å². The van der Waals surface area contributed by atoms with Crippen LogP contribution in [-0.4, -0.2) is 50.6 Å². The number of methoxy groups -OCH3 is 1. The normalized spacial score (nSPS) is 16.8. The number of carbonyl (C=O) groups excluding carboxylic acids is 2. The summed E-state index contributed by atoms with van der Waals surface area (Å²) in [6.07, 6.45) is 4.93. The summed E-state index contributed by atoms with van der Waals surface area (Å²) in [5.41, 5.74) is 3.60. The number of likely N-dealkylation sites (N-methyl/N-ethyl adjacent to an activating group) is 1. The third-order valence-corrected chi connectivity index (χ3v) is 8.43. The minimum absolute atomic E-state index is 0.0321. The first-order chi connectivity index (χ1) is 19.0. The van der Waals surface area contributed by atoms with Crippen LogP contribution < -0.4 is 14.4 Å². The second kappa shape index (κ2) is 12.0. The van der Waals surface area contributed by atoms with Crippen LogP contribution in [0.15, 0.2) is 76.5 Å². The van der Waals surface area contributed by atoms with Gasteiger partial charge in [0.05, 0.1) is 24.3 Å². The number of likely N-dealkylation sites (tertiary alicyclic amines) is 1. The molecule has 0 radical (unpaired) electrons. The highest BCUT2D eigenvalue weighted by atomic mass is 32.2. The predicted molar refractivity (Wildman–Crippen MR) is 157 cm³/mol. The van der Waals surface area contributed by atoms with Crippen LogP contribution in [0.2, 0.25) is 0 Å². The molecule has 2 aliphatic rings. The number of ether oxygens (including phenoxy) is 2. The van der Waals surface area contributed by atoms with Crippen LogP contribution >= 0.6 is 11.8 Å². The lowest BCUT2D eigenvalue weighted by molar-refractivity contribution is -0.114. The summed E-state index contributed by atoms with van der Waals surface area (Å²) in [4.78, 5) is 31.8. The van der Waals surface area contributed by atoms with E-state index in [1.807, 2.05) is 60.4 Å². The molecule has 7 heteroatoms. The minimum atomic E-state index is -0.105. The third kappa shape index (κ3) is 5.98. The molecule has 0 atom stereocenters. The standard InChI is InChI=1S/C32H34N2O4S/c1-4-38-27-12-10-24(19-28(27)37-3)20-30-32(36)33(2)26-21-25(11-13-29(26)39-30)31(35)34-16-14-23(15-17-34)18-22-8-6-5-7-9-22/h5-13,19-21,23H,4,14-18H2,1-3H3/b30-20+. The molecule has 6 nitrogen and oxygen atoms in total. The lowest BCUT2D eigenvalue weighted by Gasteiger charge is -2.33. The predicted octanol–water partition coefficient (Wildman–Crippen LogP) is 6.30. The van der Waals surface area contributed by atoms with Gasteiger partial charge in [-0.3, -0.25) is 9.59 Å². The van der Waals surface area contributed by atoms with E-state index in [0.717, 1.165) is 48.5 Å². The third-order valence-electron chi connectivity index (χ3n) is 7.36. The Labute approximate surface area is 234 Å². The van der Waals surface area contributed by atoms with Crippen molar-refractivity contribution in [1.29, 1.82) is 0 Å². The largest absolute Gasteiger partial charge is 0.493 e. The molecule has 2 heterocycles. The molecule has 0 saturated carbocycles. The van der Waals surface area contributed by atoms with Crippen LogP contribution in [0.25, 0.3) is 6.08 Å². The zero-order valence-corrected chi connectivity index (χ0v) is 23.5. The van der Waals surface area contributed by atoms with Crippen molar-refractivity contribution in [3.8, 4) is 11.5 Å². The Morgan fingerprint density at radius 1 is 1.03 bits per heavy atom. The Hall–Kier alpha value is -3.71. The zero-order chi connectivity index (χ0) is 27.4. The number of piperidine rings is 1. The molecule has 39 heavy (non-hydrogen) atoms. The van der Waals surface area contributed by atoms with Crippen molar-refractivity contribution in [2.24, 2.45) is 5.92 Å². The molecule has 0 bridgehead atoms. The minimum Gasteiger partial charge on any atom is -0.493 e. The van der Waals surface area contributed by atoms with Gasteiger partial charge in [0, 0.05) is 30.6 Å². The van der Waals surface area contributed by atoms with Gasteiger partial charge in [0.2, 0.25) is 0 Å². The molecule has 0 spiro atoms. The summed E-state index contributed by atoms with van der Waals surface area (Å²) < 4.78 is 11.1. The number of carbonyl (C=O) groups is 2. The van der Waals surface area contributed by atoms with Crippen molar-refractivity contribution in [1.82, 2.24) is 4.90 Å². The molecule has 3 aromatic rings. The Morgan fingerprint density at radius 3 is 2.51 bits per heavy atom. The fraction of sp³-hybridized carbons (Fsp3) is 0.312. The van der Waals surface area contributed by atoms with Gasteiger partial charge in [0.15, 0.2) is 11.5 Å². The van der Waals surface area contributed by atoms with Crippen LogP contribution in [0, 0.1) is 5.92 Å². The first-order valence-electron chi connectivity index (χ1n) is 13.4. The van der Waals surface area contributed by atoms with E-state index in [-0.39, 0.29) is 11.8 Å². The van der Waals surface area contributed by atoms with E-state index in [2.05, 4.69) is 24.3 Å². The second-order valence-electron chi connectivity index (χ2n) is 9.93. The summed E-state index contributed by atoms with van der Waals surface area (Å²) in [7, 11) is 3.36. The average molecular weight is 543 g/mol. The molecule has 1 saturated heterocycles. The van der Waals surface area contributed by atoms with E-state index >= 15 is 0 Å². The molecule has 5 rings (SSSR count). The Bertz CT molecular complexity index is 1380. The first-order valence-corrected chi connectivity index (χ1v) is 14.2. The molecule has 1 fully saturated rings. The Morgan fingerprint density at radius 2 is 1.79 bits per heavy atom. The number of hydrogen-bond donors (Lipinski definition) is 0. The van der Waals surface area contributed by atoms with E-state index < -0.39 is 0 Å². The van der Waals surface area contributed by atoms with Gasteiger partial charge in [-0.2, -0.15) is 0 Å². The Balaban J connectivity index is 1.28. The van der Waals surface area contributed by atoms with E-state index in [1.165, 1.54) is 17.3 Å². The van der Waals surface area contributed by atoms with Crippen molar-refractivity contribution in [3.63, 3.8) is 0 Å². The smallest absolute Gasteiger partial charge is 0.264 e. The van der Waals surface area contributed by atoms with Gasteiger partial charge in [-0.1, -0.05) is 48.2 Å². The number of rotatable bonds is 7. The highest BCUT2D eigenvalue weighted by Crippen LogP contribution is 2.42. The fourth-order valence-corrected chi connectivity index (χ4v) is 6.29. The first kappa shape index (κ1) is 26.9. The van der Waals surface area contributed by atoms with Crippen LogP contribution in [0.4, 0.5) is 5.69 Å². The second-order valence-corrected chi connectivity index (χ2v) is 11.0. The van der Waals surface area contributed by atoms with E-state index in [9.17, 15) is 9.59 Å². The molecule has 0 aromatic heterocycles. The van der Waals surface area contributed by atoms with Gasteiger partial charge in [-0.25, -0.2) is 0 Å². The van der Waals surface area contributed by atoms with Crippen LogP contribution in [-0.2, 0) is 11.2 Å². The highest BCUT2D eigenvalue weighted by Gasteiger charge is 2.29. The number of hydrogen-bond acceptors (Lipinski definition) is 5. The molecule has 2 amide bonds. The highest BCUT2D eigenvalue weighted by molar-refractivity contribution is 8.04. The zero-order valence-electron chi connectivity index (χ0n) is 22.7. The lowest BCUT2D eigenvalue weighted by Crippen LogP contribution is -2.39. The summed E-state index contributed by atoms with van der Waals surface area (Å²) in [6.45, 7) is 3.99. The van der Waals surface area contributed by atoms with Crippen molar-refractivity contribution in [3.05, 3.63) is 88.3 Å². The molecule has 202 valence electrons. The van der Waals surface area contributed by atoms with Gasteiger partial charge < -0.3 is 19.3 Å². The number of thioether (sulfide) groups is 1. The molecular weight excluding hydrogens is 508 g/mol. The van der Waals surface area contributed by atoms with Gasteiger partial charge >= 0.3 is 0 Å². The topological polar surface area (TPSA) is 59.1 Å². The monoisotopic (exact) mass is 542 g/mol. The molecule has 2 aliphatic heterocycles. The van der Waals surface area contributed by atoms with Gasteiger partial charge in [0.1, 0.15) is 0 Å². The van der Waals surface area contributed by atoms with Gasteiger partial charge in [-0.05, 0) is 79.6 Å². The van der Waals surface area contributed by atoms with Crippen molar-refractivity contribution in [2.75, 3.05) is 38.8 Å². The number of anilines is 1. The number of amides is 2. The van der Waals surface area contributed by atoms with E-state index in [4.69, 9.17) is 9.47 Å². The van der Waals surface area contributed by atoms with E-state index in [0.29, 0.717) is 34.5 Å². The van der Waals surface area contributed by atoms with Crippen molar-refractivity contribution < 1.29 is 19.1 Å². The maximum absolute atomic E-state index is 13.4. The maximum atomic E-state index is 13.4. The van der Waals surface area contributed by atoms with E-state index in [1.54, 1.807) is 19.1 Å². The molecular formula is C32H34N2O4S. The maximum Gasteiger partial charge on any atom is 0.264 e. The number of nitrogens with zero attached hydrogens (tertiary/aromatic N) is 2. The fourth-order valence-electron chi connectivity index (χ4n) is 5.20. The van der Waals surface area contributed by atoms with Crippen LogP contribution in [0.1, 0.15) is 41.3 Å². The SMILES string of the molecule is CCOc1ccc(/C=C2/Sc3ccc(C(=O)N4CCC(Cc5ccccc5)CC4)cc3N(C)C2=O)cc1OC. The molecule has 3 aromatic carbocycles. The van der Waals surface area contributed by atoms with Crippen LogP contribution in [0.3, 0.4) is 0 Å².